The van der Waals surface area contributed by atoms with Crippen molar-refractivity contribution >= 4 is 10.8 Å². The number of hydrogen-bond acceptors (Lipinski definition) is 2. The second kappa shape index (κ2) is 4.15. The Morgan fingerprint density at radius 1 is 1.27 bits per heavy atom. The second-order valence-electron chi connectivity index (χ2n) is 2.13. The van der Waals surface area contributed by atoms with E-state index in [0.717, 1.165) is 6.26 Å². The fraction of sp³-hybridized carbons (Fsp3) is 0.667. The molecule has 0 heterocycles. The molecule has 0 aliphatic heterocycles. The van der Waals surface area contributed by atoms with Crippen LogP contribution < -0.4 is 0 Å². The van der Waals surface area contributed by atoms with Crippen LogP contribution in [-0.4, -0.2) is 11.5 Å². The van der Waals surface area contributed by atoms with Crippen LogP contribution in [0.3, 0.4) is 0 Å². The topological polar surface area (TPSA) is 47.6 Å². The minimum Gasteiger partial charge on any atom is -0.198 e. The summed E-state index contributed by atoms with van der Waals surface area (Å²) in [4.78, 5) is 0. The molecule has 0 radical (unpaired) electrons. The summed E-state index contributed by atoms with van der Waals surface area (Å²) in [5.41, 5.74) is 0. The zero-order valence-electron chi connectivity index (χ0n) is 6.05. The average molecular weight is 178 g/mol. The Morgan fingerprint density at radius 2 is 1.64 bits per heavy atom. The van der Waals surface area contributed by atoms with Crippen molar-refractivity contribution in [3.8, 4) is 12.1 Å². The first-order valence-electron chi connectivity index (χ1n) is 2.92. The van der Waals surface area contributed by atoms with E-state index in [1.54, 1.807) is 12.1 Å². The van der Waals surface area contributed by atoms with E-state index in [9.17, 15) is 7.77 Å². The molecule has 0 amide bonds. The molecule has 62 valence electrons. The van der Waals surface area contributed by atoms with Crippen molar-refractivity contribution in [2.75, 3.05) is 6.26 Å². The summed E-state index contributed by atoms with van der Waals surface area (Å²) in [6.07, 6.45) is 0.352. The third kappa shape index (κ3) is 3.79. The predicted octanol–water partition coefficient (Wildman–Crippen LogP) is 2.39. The molecule has 0 bridgehead atoms. The molecule has 0 spiro atoms. The van der Waals surface area contributed by atoms with E-state index in [1.165, 1.54) is 0 Å². The van der Waals surface area contributed by atoms with Crippen molar-refractivity contribution in [3.63, 3.8) is 0 Å². The molecule has 5 heteroatoms. The molecule has 0 atom stereocenters. The van der Waals surface area contributed by atoms with E-state index in [-0.39, 0.29) is 12.8 Å². The number of halogens is 2. The van der Waals surface area contributed by atoms with Gasteiger partial charge in [0.15, 0.2) is 0 Å². The molecule has 0 fully saturated rings. The van der Waals surface area contributed by atoms with Gasteiger partial charge >= 0.3 is 0 Å². The van der Waals surface area contributed by atoms with Crippen LogP contribution in [0.4, 0.5) is 7.77 Å². The lowest BCUT2D eigenvalue weighted by Gasteiger charge is -2.21. The van der Waals surface area contributed by atoms with Gasteiger partial charge in [-0.1, -0.05) is 0 Å². The number of hydrogen-bond donors (Lipinski definition) is 0. The van der Waals surface area contributed by atoms with Gasteiger partial charge in [0.2, 0.25) is 0 Å². The normalized spacial score (nSPS) is 12.2. The van der Waals surface area contributed by atoms with Gasteiger partial charge in [-0.25, -0.2) is 0 Å². The monoisotopic (exact) mass is 178 g/mol. The Bertz CT molecular complexity index is 182. The van der Waals surface area contributed by atoms with Gasteiger partial charge in [0.25, 0.3) is 0 Å². The van der Waals surface area contributed by atoms with Gasteiger partial charge in [-0.3, -0.25) is 0 Å². The number of nitrogens with zero attached hydrogens (tertiary/aromatic N) is 2. The van der Waals surface area contributed by atoms with Crippen molar-refractivity contribution in [1.82, 2.24) is 0 Å². The van der Waals surface area contributed by atoms with Crippen LogP contribution in [0.1, 0.15) is 12.8 Å². The third-order valence-electron chi connectivity index (χ3n) is 1.22. The summed E-state index contributed by atoms with van der Waals surface area (Å²) in [5.74, 6) is 0. The molecule has 0 aliphatic carbocycles. The standard InChI is InChI=1S/C6H8F2N2S/c1-11(7,8)6(2-4-9)3-5-10/h6H,2-3H2,1H3. The molecule has 0 unspecified atom stereocenters. The van der Waals surface area contributed by atoms with Crippen molar-refractivity contribution in [2.45, 2.75) is 18.1 Å². The predicted molar refractivity (Wildman–Crippen MR) is 40.0 cm³/mol. The Labute approximate surface area is 66.3 Å². The maximum atomic E-state index is 12.5. The van der Waals surface area contributed by atoms with Crippen LogP contribution in [0.15, 0.2) is 0 Å². The number of rotatable bonds is 3. The lowest BCUT2D eigenvalue weighted by atomic mass is 10.2. The van der Waals surface area contributed by atoms with E-state index in [4.69, 9.17) is 10.5 Å². The molecule has 0 aromatic rings. The minimum absolute atomic E-state index is 0.230. The average Bonchev–Trinajstić information content (AvgIpc) is 1.85. The van der Waals surface area contributed by atoms with Crippen LogP contribution in [0.2, 0.25) is 0 Å². The van der Waals surface area contributed by atoms with Crippen LogP contribution in [0.25, 0.3) is 0 Å². The highest BCUT2D eigenvalue weighted by molar-refractivity contribution is 8.25. The van der Waals surface area contributed by atoms with Crippen LogP contribution in [0, 0.1) is 22.7 Å². The Balaban J connectivity index is 4.15. The van der Waals surface area contributed by atoms with Gasteiger partial charge < -0.3 is 0 Å². The van der Waals surface area contributed by atoms with Crippen LogP contribution in [0.5, 0.6) is 0 Å². The van der Waals surface area contributed by atoms with Gasteiger partial charge in [-0.15, -0.1) is 0 Å². The zero-order chi connectivity index (χ0) is 8.91. The van der Waals surface area contributed by atoms with Crippen molar-refractivity contribution in [3.05, 3.63) is 0 Å². The summed E-state index contributed by atoms with van der Waals surface area (Å²) in [6.45, 7) is 0. The first kappa shape index (κ1) is 10.2. The van der Waals surface area contributed by atoms with Crippen molar-refractivity contribution in [2.24, 2.45) is 0 Å². The lowest BCUT2D eigenvalue weighted by molar-refractivity contribution is 0.700. The second-order valence-corrected chi connectivity index (χ2v) is 4.36. The fourth-order valence-corrected chi connectivity index (χ4v) is 1.30. The first-order valence-corrected chi connectivity index (χ1v) is 4.83. The van der Waals surface area contributed by atoms with Gasteiger partial charge in [0.1, 0.15) is 0 Å². The number of nitriles is 2. The summed E-state index contributed by atoms with van der Waals surface area (Å²) in [6, 6.07) is 3.30. The Hall–Kier alpha value is -0.810. The highest BCUT2D eigenvalue weighted by Gasteiger charge is 2.28. The fourth-order valence-electron chi connectivity index (χ4n) is 0.568. The molecule has 0 saturated heterocycles. The highest BCUT2D eigenvalue weighted by atomic mass is 32.3. The first-order chi connectivity index (χ1) is 5.02. The molecule has 0 aliphatic rings. The lowest BCUT2D eigenvalue weighted by Crippen LogP contribution is -2.08. The quantitative estimate of drug-likeness (QED) is 0.666. The van der Waals surface area contributed by atoms with Crippen LogP contribution in [-0.2, 0) is 0 Å². The third-order valence-corrected chi connectivity index (χ3v) is 2.73. The Kier molecular flexibility index (Phi) is 3.84. The Morgan fingerprint density at radius 3 is 1.82 bits per heavy atom. The minimum atomic E-state index is -3.73. The molecular formula is C6H8F2N2S. The summed E-state index contributed by atoms with van der Waals surface area (Å²) >= 11 is 0. The molecule has 0 rings (SSSR count). The largest absolute Gasteiger partial charge is 0.198 e. The molecule has 0 N–H and O–H groups in total. The van der Waals surface area contributed by atoms with Gasteiger partial charge in [-0.05, 0) is 0 Å². The van der Waals surface area contributed by atoms with Crippen molar-refractivity contribution in [1.29, 1.82) is 10.5 Å². The molecule has 2 nitrogen and oxygen atoms in total. The SMILES string of the molecule is CS(F)(F)C(CC#N)CC#N. The smallest absolute Gasteiger partial charge is 0.0680 e. The van der Waals surface area contributed by atoms with Crippen molar-refractivity contribution < 1.29 is 7.77 Å². The summed E-state index contributed by atoms with van der Waals surface area (Å²) in [7, 11) is -3.73. The zero-order valence-corrected chi connectivity index (χ0v) is 6.87. The van der Waals surface area contributed by atoms with Crippen LogP contribution >= 0.6 is 10.8 Å². The van der Waals surface area contributed by atoms with E-state index >= 15 is 0 Å². The highest BCUT2D eigenvalue weighted by Crippen LogP contribution is 2.54. The van der Waals surface area contributed by atoms with E-state index in [0.29, 0.717) is 0 Å². The molecule has 11 heavy (non-hydrogen) atoms. The molecule has 0 aromatic carbocycles. The van der Waals surface area contributed by atoms with E-state index in [2.05, 4.69) is 0 Å². The molecule has 0 saturated carbocycles. The summed E-state index contributed by atoms with van der Waals surface area (Å²) < 4.78 is 25.1. The van der Waals surface area contributed by atoms with Gasteiger partial charge in [-0.2, -0.15) is 18.3 Å². The summed E-state index contributed by atoms with van der Waals surface area (Å²) in [5, 5.41) is 15.3. The maximum Gasteiger partial charge on any atom is 0.0680 e. The van der Waals surface area contributed by atoms with Gasteiger partial charge in [0.05, 0.1) is 41.0 Å². The van der Waals surface area contributed by atoms with Gasteiger partial charge in [0, 0.05) is 6.26 Å². The maximum absolute atomic E-state index is 12.5. The molecule has 0 aromatic heterocycles. The van der Waals surface area contributed by atoms with E-state index in [1.807, 2.05) is 0 Å². The molecular weight excluding hydrogens is 170 g/mol. The van der Waals surface area contributed by atoms with E-state index < -0.39 is 16.0 Å².